The summed E-state index contributed by atoms with van der Waals surface area (Å²) in [4.78, 5) is 23.5. The Hall–Kier alpha value is -2.44. The number of nitrogens with one attached hydrogen (secondary N) is 2. The quantitative estimate of drug-likeness (QED) is 0.720. The van der Waals surface area contributed by atoms with Crippen molar-refractivity contribution in [2.24, 2.45) is 0 Å². The second kappa shape index (κ2) is 7.42. The first-order chi connectivity index (χ1) is 11.6. The number of ether oxygens (including phenoxy) is 1. The highest BCUT2D eigenvalue weighted by Gasteiger charge is 2.14. The molecule has 1 atom stereocenters. The molecule has 2 aromatic heterocycles. The van der Waals surface area contributed by atoms with Gasteiger partial charge < -0.3 is 15.0 Å². The fourth-order valence-corrected chi connectivity index (χ4v) is 2.48. The molecule has 0 fully saturated rings. The van der Waals surface area contributed by atoms with Crippen LogP contribution in [0.3, 0.4) is 0 Å². The summed E-state index contributed by atoms with van der Waals surface area (Å²) in [7, 11) is 0. The van der Waals surface area contributed by atoms with Crippen LogP contribution >= 0.6 is 11.6 Å². The monoisotopic (exact) mass is 344 g/mol. The molecular weight excluding hydrogens is 328 g/mol. The Morgan fingerprint density at radius 3 is 3.00 bits per heavy atom. The maximum absolute atomic E-state index is 12.2. The SMILES string of the molecule is C[C@@H](COCc1cncc(Cl)c1)NC(=O)c1nc2ccccc2[nH]1. The van der Waals surface area contributed by atoms with Gasteiger partial charge in [-0.3, -0.25) is 9.78 Å². The van der Waals surface area contributed by atoms with Gasteiger partial charge in [0.05, 0.1) is 29.3 Å². The lowest BCUT2D eigenvalue weighted by molar-refractivity contribution is 0.0813. The van der Waals surface area contributed by atoms with E-state index in [0.717, 1.165) is 16.6 Å². The van der Waals surface area contributed by atoms with Crippen molar-refractivity contribution in [3.8, 4) is 0 Å². The molecule has 0 spiro atoms. The number of hydrogen-bond donors (Lipinski definition) is 2. The maximum atomic E-state index is 12.2. The van der Waals surface area contributed by atoms with Crippen molar-refractivity contribution in [3.05, 3.63) is 59.1 Å². The van der Waals surface area contributed by atoms with Crippen LogP contribution < -0.4 is 5.32 Å². The predicted octanol–water partition coefficient (Wildman–Crippen LogP) is 2.95. The third-order valence-corrected chi connectivity index (χ3v) is 3.59. The Labute approximate surface area is 144 Å². The summed E-state index contributed by atoms with van der Waals surface area (Å²) in [6, 6.07) is 9.15. The highest BCUT2D eigenvalue weighted by molar-refractivity contribution is 6.30. The average molecular weight is 345 g/mol. The first-order valence-corrected chi connectivity index (χ1v) is 7.92. The number of halogens is 1. The van der Waals surface area contributed by atoms with E-state index in [4.69, 9.17) is 16.3 Å². The number of benzene rings is 1. The van der Waals surface area contributed by atoms with Gasteiger partial charge in [-0.2, -0.15) is 0 Å². The lowest BCUT2D eigenvalue weighted by Gasteiger charge is -2.13. The molecule has 0 aliphatic heterocycles. The lowest BCUT2D eigenvalue weighted by atomic mass is 10.3. The van der Waals surface area contributed by atoms with Crippen molar-refractivity contribution >= 4 is 28.5 Å². The molecule has 3 rings (SSSR count). The van der Waals surface area contributed by atoms with Gasteiger partial charge in [0.15, 0.2) is 5.82 Å². The number of carbonyl (C=O) groups is 1. The van der Waals surface area contributed by atoms with E-state index in [0.29, 0.717) is 24.1 Å². The largest absolute Gasteiger partial charge is 0.375 e. The summed E-state index contributed by atoms with van der Waals surface area (Å²) in [5.74, 6) is 0.0359. The smallest absolute Gasteiger partial charge is 0.287 e. The number of aromatic amines is 1. The number of fused-ring (bicyclic) bond motifs is 1. The number of aromatic nitrogens is 3. The summed E-state index contributed by atoms with van der Waals surface area (Å²) in [6.07, 6.45) is 3.27. The summed E-state index contributed by atoms with van der Waals surface area (Å²) in [6.45, 7) is 2.63. The Morgan fingerprint density at radius 2 is 2.21 bits per heavy atom. The highest BCUT2D eigenvalue weighted by atomic mass is 35.5. The van der Waals surface area contributed by atoms with E-state index in [2.05, 4.69) is 20.3 Å². The lowest BCUT2D eigenvalue weighted by Crippen LogP contribution is -2.36. The number of H-pyrrole nitrogens is 1. The summed E-state index contributed by atoms with van der Waals surface area (Å²) >= 11 is 5.87. The van der Waals surface area contributed by atoms with E-state index >= 15 is 0 Å². The Kier molecular flexibility index (Phi) is 5.08. The summed E-state index contributed by atoms with van der Waals surface area (Å²) in [5.41, 5.74) is 2.48. The minimum Gasteiger partial charge on any atom is -0.375 e. The zero-order valence-electron chi connectivity index (χ0n) is 13.1. The van der Waals surface area contributed by atoms with E-state index in [1.54, 1.807) is 18.5 Å². The van der Waals surface area contributed by atoms with E-state index in [1.807, 2.05) is 31.2 Å². The number of pyridine rings is 1. The molecule has 1 amide bonds. The van der Waals surface area contributed by atoms with Gasteiger partial charge in [-0.05, 0) is 30.7 Å². The molecule has 0 radical (unpaired) electrons. The standard InChI is InChI=1S/C17H17ClN4O2/c1-11(9-24-10-12-6-13(18)8-19-7-12)20-17(23)16-21-14-4-2-3-5-15(14)22-16/h2-8,11H,9-10H2,1H3,(H,20,23)(H,21,22)/t11-/m0/s1. The van der Waals surface area contributed by atoms with Crippen LogP contribution in [0.25, 0.3) is 11.0 Å². The van der Waals surface area contributed by atoms with Gasteiger partial charge in [-0.15, -0.1) is 0 Å². The Morgan fingerprint density at radius 1 is 1.38 bits per heavy atom. The number of carbonyl (C=O) groups excluding carboxylic acids is 1. The third kappa shape index (κ3) is 4.10. The van der Waals surface area contributed by atoms with Crippen LogP contribution in [0.4, 0.5) is 0 Å². The van der Waals surface area contributed by atoms with Crippen LogP contribution in [0.1, 0.15) is 23.1 Å². The van der Waals surface area contributed by atoms with Gasteiger partial charge >= 0.3 is 0 Å². The van der Waals surface area contributed by atoms with Crippen LogP contribution in [0.2, 0.25) is 5.02 Å². The second-order valence-electron chi connectivity index (χ2n) is 5.50. The Bertz CT molecular complexity index is 816. The number of para-hydroxylation sites is 2. The molecule has 0 aliphatic carbocycles. The van der Waals surface area contributed by atoms with Crippen molar-refractivity contribution in [2.75, 3.05) is 6.61 Å². The van der Waals surface area contributed by atoms with Crippen molar-refractivity contribution in [1.82, 2.24) is 20.3 Å². The fraction of sp³-hybridized carbons (Fsp3) is 0.235. The van der Waals surface area contributed by atoms with Gasteiger partial charge in [0.2, 0.25) is 0 Å². The molecule has 0 saturated heterocycles. The van der Waals surface area contributed by atoms with E-state index in [9.17, 15) is 4.79 Å². The van der Waals surface area contributed by atoms with E-state index in [-0.39, 0.29) is 11.9 Å². The van der Waals surface area contributed by atoms with Crippen molar-refractivity contribution in [3.63, 3.8) is 0 Å². The molecule has 124 valence electrons. The molecule has 6 nitrogen and oxygen atoms in total. The number of hydrogen-bond acceptors (Lipinski definition) is 4. The number of nitrogens with zero attached hydrogens (tertiary/aromatic N) is 2. The Balaban J connectivity index is 1.50. The van der Waals surface area contributed by atoms with E-state index < -0.39 is 0 Å². The second-order valence-corrected chi connectivity index (χ2v) is 5.94. The number of rotatable bonds is 6. The average Bonchev–Trinajstić information content (AvgIpc) is 2.99. The van der Waals surface area contributed by atoms with Crippen LogP contribution in [0, 0.1) is 0 Å². The molecule has 0 bridgehead atoms. The molecule has 24 heavy (non-hydrogen) atoms. The topological polar surface area (TPSA) is 79.9 Å². The van der Waals surface area contributed by atoms with Crippen LogP contribution in [-0.2, 0) is 11.3 Å². The van der Waals surface area contributed by atoms with E-state index in [1.165, 1.54) is 0 Å². The molecule has 0 unspecified atom stereocenters. The van der Waals surface area contributed by atoms with Gasteiger partial charge in [0.25, 0.3) is 5.91 Å². The summed E-state index contributed by atoms with van der Waals surface area (Å²) in [5, 5.41) is 3.43. The molecule has 3 aromatic rings. The van der Waals surface area contributed by atoms with Crippen LogP contribution in [0.15, 0.2) is 42.7 Å². The highest BCUT2D eigenvalue weighted by Crippen LogP contribution is 2.11. The predicted molar refractivity (Wildman–Crippen MR) is 91.9 cm³/mol. The minimum atomic E-state index is -0.258. The molecule has 2 heterocycles. The van der Waals surface area contributed by atoms with Gasteiger partial charge in [0, 0.05) is 18.4 Å². The zero-order chi connectivity index (χ0) is 16.9. The van der Waals surface area contributed by atoms with Crippen LogP contribution in [0.5, 0.6) is 0 Å². The van der Waals surface area contributed by atoms with Crippen molar-refractivity contribution in [1.29, 1.82) is 0 Å². The fourth-order valence-electron chi connectivity index (χ4n) is 2.28. The third-order valence-electron chi connectivity index (χ3n) is 3.38. The number of imidazole rings is 1. The van der Waals surface area contributed by atoms with Crippen molar-refractivity contribution < 1.29 is 9.53 Å². The van der Waals surface area contributed by atoms with Gasteiger partial charge in [-0.25, -0.2) is 4.98 Å². The number of amides is 1. The van der Waals surface area contributed by atoms with Gasteiger partial charge in [-0.1, -0.05) is 23.7 Å². The first kappa shape index (κ1) is 16.4. The molecule has 0 saturated carbocycles. The molecule has 2 N–H and O–H groups in total. The normalized spacial score (nSPS) is 12.2. The van der Waals surface area contributed by atoms with Crippen molar-refractivity contribution in [2.45, 2.75) is 19.6 Å². The zero-order valence-corrected chi connectivity index (χ0v) is 13.9. The molecule has 0 aliphatic rings. The molecule has 7 heteroatoms. The van der Waals surface area contributed by atoms with Crippen LogP contribution in [-0.4, -0.2) is 33.5 Å². The first-order valence-electron chi connectivity index (χ1n) is 7.54. The molecular formula is C17H17ClN4O2. The summed E-state index contributed by atoms with van der Waals surface area (Å²) < 4.78 is 5.59. The molecule has 1 aromatic carbocycles. The minimum absolute atomic E-state index is 0.155. The van der Waals surface area contributed by atoms with Gasteiger partial charge in [0.1, 0.15) is 0 Å². The maximum Gasteiger partial charge on any atom is 0.287 e.